The standard InChI is InChI=1S/C11H12N2O4/c1-16-6-5-9-12-11(17-13-9)10-7(14)3-2-4-8(10)15/h2-4,14-15H,5-6H2,1H3. The molecule has 0 aliphatic carbocycles. The molecule has 2 rings (SSSR count). The molecule has 17 heavy (non-hydrogen) atoms. The quantitative estimate of drug-likeness (QED) is 0.832. The van der Waals surface area contributed by atoms with Crippen molar-refractivity contribution in [2.75, 3.05) is 13.7 Å². The summed E-state index contributed by atoms with van der Waals surface area (Å²) in [5, 5.41) is 23.0. The molecule has 0 atom stereocenters. The molecule has 1 aromatic carbocycles. The van der Waals surface area contributed by atoms with Crippen LogP contribution in [0.1, 0.15) is 5.82 Å². The number of phenols is 2. The first kappa shape index (κ1) is 11.4. The fourth-order valence-electron chi connectivity index (χ4n) is 1.40. The van der Waals surface area contributed by atoms with E-state index in [1.807, 2.05) is 0 Å². The zero-order chi connectivity index (χ0) is 12.3. The predicted molar refractivity (Wildman–Crippen MR) is 58.6 cm³/mol. The molecule has 90 valence electrons. The first-order valence-electron chi connectivity index (χ1n) is 5.05. The van der Waals surface area contributed by atoms with Crippen LogP contribution >= 0.6 is 0 Å². The Balaban J connectivity index is 2.30. The summed E-state index contributed by atoms with van der Waals surface area (Å²) in [6, 6.07) is 4.40. The van der Waals surface area contributed by atoms with Crippen LogP contribution in [0.3, 0.4) is 0 Å². The minimum Gasteiger partial charge on any atom is -0.507 e. The highest BCUT2D eigenvalue weighted by Crippen LogP contribution is 2.35. The first-order chi connectivity index (χ1) is 8.22. The summed E-state index contributed by atoms with van der Waals surface area (Å²) in [6.07, 6.45) is 0.508. The van der Waals surface area contributed by atoms with Crippen molar-refractivity contribution in [3.05, 3.63) is 24.0 Å². The van der Waals surface area contributed by atoms with Gasteiger partial charge in [0.25, 0.3) is 5.89 Å². The van der Waals surface area contributed by atoms with E-state index in [2.05, 4.69) is 10.1 Å². The molecular weight excluding hydrogens is 224 g/mol. The number of hydrogen-bond donors (Lipinski definition) is 2. The minimum atomic E-state index is -0.105. The van der Waals surface area contributed by atoms with Crippen molar-refractivity contribution < 1.29 is 19.5 Å². The van der Waals surface area contributed by atoms with Gasteiger partial charge in [0, 0.05) is 13.5 Å². The van der Waals surface area contributed by atoms with E-state index in [9.17, 15) is 10.2 Å². The monoisotopic (exact) mass is 236 g/mol. The van der Waals surface area contributed by atoms with E-state index >= 15 is 0 Å². The summed E-state index contributed by atoms with van der Waals surface area (Å²) in [5.41, 5.74) is 0.142. The topological polar surface area (TPSA) is 88.6 Å². The number of ether oxygens (including phenoxy) is 1. The van der Waals surface area contributed by atoms with Crippen molar-refractivity contribution in [2.45, 2.75) is 6.42 Å². The Hall–Kier alpha value is -2.08. The van der Waals surface area contributed by atoms with Crippen LogP contribution in [0, 0.1) is 0 Å². The highest BCUT2D eigenvalue weighted by Gasteiger charge is 2.16. The maximum Gasteiger partial charge on any atom is 0.265 e. The molecule has 2 aromatic rings. The van der Waals surface area contributed by atoms with E-state index in [0.29, 0.717) is 18.9 Å². The van der Waals surface area contributed by atoms with Crippen LogP contribution < -0.4 is 0 Å². The van der Waals surface area contributed by atoms with Crippen LogP contribution in [0.15, 0.2) is 22.7 Å². The third-order valence-electron chi connectivity index (χ3n) is 2.23. The molecule has 0 radical (unpaired) electrons. The molecule has 0 fully saturated rings. The van der Waals surface area contributed by atoms with E-state index in [4.69, 9.17) is 9.26 Å². The lowest BCUT2D eigenvalue weighted by molar-refractivity contribution is 0.199. The maximum atomic E-state index is 9.62. The molecule has 0 aliphatic rings. The molecule has 6 heteroatoms. The zero-order valence-electron chi connectivity index (χ0n) is 9.25. The minimum absolute atomic E-state index is 0.0895. The molecule has 0 bridgehead atoms. The van der Waals surface area contributed by atoms with Crippen LogP contribution in [0.4, 0.5) is 0 Å². The van der Waals surface area contributed by atoms with Gasteiger partial charge in [0.1, 0.15) is 17.1 Å². The average Bonchev–Trinajstić information content (AvgIpc) is 2.75. The lowest BCUT2D eigenvalue weighted by atomic mass is 10.2. The largest absolute Gasteiger partial charge is 0.507 e. The fourth-order valence-corrected chi connectivity index (χ4v) is 1.40. The van der Waals surface area contributed by atoms with Crippen molar-refractivity contribution in [1.82, 2.24) is 10.1 Å². The maximum absolute atomic E-state index is 9.62. The summed E-state index contributed by atoms with van der Waals surface area (Å²) in [6.45, 7) is 0.478. The molecule has 0 spiro atoms. The molecule has 0 aliphatic heterocycles. The molecule has 2 N–H and O–H groups in total. The zero-order valence-corrected chi connectivity index (χ0v) is 9.25. The second-order valence-electron chi connectivity index (χ2n) is 3.43. The van der Waals surface area contributed by atoms with Crippen molar-refractivity contribution >= 4 is 0 Å². The van der Waals surface area contributed by atoms with E-state index in [1.165, 1.54) is 18.2 Å². The van der Waals surface area contributed by atoms with Gasteiger partial charge in [0.15, 0.2) is 5.82 Å². The van der Waals surface area contributed by atoms with Gasteiger partial charge in [-0.15, -0.1) is 0 Å². The highest BCUT2D eigenvalue weighted by molar-refractivity contribution is 5.69. The van der Waals surface area contributed by atoms with Crippen molar-refractivity contribution in [1.29, 1.82) is 0 Å². The summed E-state index contributed by atoms with van der Waals surface area (Å²) >= 11 is 0. The molecule has 0 amide bonds. The molecule has 1 aromatic heterocycles. The molecule has 0 saturated heterocycles. The SMILES string of the molecule is COCCc1noc(-c2c(O)cccc2O)n1. The van der Waals surface area contributed by atoms with E-state index in [-0.39, 0.29) is 23.0 Å². The number of hydrogen-bond acceptors (Lipinski definition) is 6. The number of aromatic hydroxyl groups is 2. The lowest BCUT2D eigenvalue weighted by Gasteiger charge is -2.00. The van der Waals surface area contributed by atoms with E-state index < -0.39 is 0 Å². The Labute approximate surface area is 97.5 Å². The Morgan fingerprint density at radius 3 is 2.65 bits per heavy atom. The molecular formula is C11H12N2O4. The Morgan fingerprint density at radius 1 is 1.29 bits per heavy atom. The van der Waals surface area contributed by atoms with Crippen LogP contribution in [-0.2, 0) is 11.2 Å². The van der Waals surface area contributed by atoms with Crippen LogP contribution in [0.25, 0.3) is 11.5 Å². The molecule has 6 nitrogen and oxygen atoms in total. The van der Waals surface area contributed by atoms with E-state index in [0.717, 1.165) is 0 Å². The van der Waals surface area contributed by atoms with Crippen LogP contribution in [0.5, 0.6) is 11.5 Å². The second kappa shape index (κ2) is 4.84. The van der Waals surface area contributed by atoms with Crippen LogP contribution in [-0.4, -0.2) is 34.1 Å². The summed E-state index contributed by atoms with van der Waals surface area (Å²) in [4.78, 5) is 4.06. The van der Waals surface area contributed by atoms with Crippen molar-refractivity contribution in [2.24, 2.45) is 0 Å². The number of nitrogens with zero attached hydrogens (tertiary/aromatic N) is 2. The second-order valence-corrected chi connectivity index (χ2v) is 3.43. The molecule has 1 heterocycles. The number of rotatable bonds is 4. The van der Waals surface area contributed by atoms with Gasteiger partial charge in [-0.3, -0.25) is 0 Å². The highest BCUT2D eigenvalue weighted by atomic mass is 16.5. The lowest BCUT2D eigenvalue weighted by Crippen LogP contribution is -1.96. The smallest absolute Gasteiger partial charge is 0.265 e. The van der Waals surface area contributed by atoms with Gasteiger partial charge in [-0.05, 0) is 12.1 Å². The first-order valence-corrected chi connectivity index (χ1v) is 5.05. The van der Waals surface area contributed by atoms with Gasteiger partial charge in [0.2, 0.25) is 0 Å². The van der Waals surface area contributed by atoms with E-state index in [1.54, 1.807) is 7.11 Å². The van der Waals surface area contributed by atoms with Gasteiger partial charge in [-0.25, -0.2) is 0 Å². The van der Waals surface area contributed by atoms with Gasteiger partial charge >= 0.3 is 0 Å². The summed E-state index contributed by atoms with van der Waals surface area (Å²) in [5.74, 6) is 0.343. The predicted octanol–water partition coefficient (Wildman–Crippen LogP) is 1.34. The van der Waals surface area contributed by atoms with Crippen molar-refractivity contribution in [3.63, 3.8) is 0 Å². The summed E-state index contributed by atoms with van der Waals surface area (Å²) in [7, 11) is 1.58. The normalized spacial score (nSPS) is 10.6. The number of benzene rings is 1. The van der Waals surface area contributed by atoms with Crippen molar-refractivity contribution in [3.8, 4) is 23.0 Å². The molecule has 0 unspecified atom stereocenters. The van der Waals surface area contributed by atoms with Gasteiger partial charge in [-0.1, -0.05) is 11.2 Å². The Morgan fingerprint density at radius 2 is 2.00 bits per heavy atom. The average molecular weight is 236 g/mol. The van der Waals surface area contributed by atoms with Crippen LogP contribution in [0.2, 0.25) is 0 Å². The number of phenolic OH excluding ortho intramolecular Hbond substituents is 2. The van der Waals surface area contributed by atoms with Gasteiger partial charge in [0.05, 0.1) is 6.61 Å². The fraction of sp³-hybridized carbons (Fsp3) is 0.273. The van der Waals surface area contributed by atoms with Gasteiger partial charge < -0.3 is 19.5 Å². The Kier molecular flexibility index (Phi) is 3.24. The third kappa shape index (κ3) is 2.36. The van der Waals surface area contributed by atoms with Gasteiger partial charge in [-0.2, -0.15) is 4.98 Å². The number of methoxy groups -OCH3 is 1. The number of aromatic nitrogens is 2. The summed E-state index contributed by atoms with van der Waals surface area (Å²) < 4.78 is 9.86. The third-order valence-corrected chi connectivity index (χ3v) is 2.23. The Bertz CT molecular complexity index is 490. The molecule has 0 saturated carbocycles.